The monoisotopic (exact) mass is 256 g/mol. The van der Waals surface area contributed by atoms with Gasteiger partial charge in [-0.2, -0.15) is 11.8 Å². The van der Waals surface area contributed by atoms with E-state index in [2.05, 4.69) is 18.5 Å². The standard InChI is InChI=1S/C13H24N2OS/c1-11-4-8-15(9-5-11)12(16)14-10-13(17-2)6-3-7-13/h11H,3-10H2,1-2H3,(H,14,16). The van der Waals surface area contributed by atoms with E-state index in [-0.39, 0.29) is 6.03 Å². The average Bonchev–Trinajstić information content (AvgIpc) is 2.29. The molecule has 4 heteroatoms. The van der Waals surface area contributed by atoms with Crippen LogP contribution in [0.25, 0.3) is 0 Å². The number of piperidine rings is 1. The van der Waals surface area contributed by atoms with E-state index in [0.29, 0.717) is 4.75 Å². The van der Waals surface area contributed by atoms with Gasteiger partial charge in [0.1, 0.15) is 0 Å². The summed E-state index contributed by atoms with van der Waals surface area (Å²) in [6.07, 6.45) is 8.30. The van der Waals surface area contributed by atoms with Crippen molar-refractivity contribution in [1.29, 1.82) is 0 Å². The maximum absolute atomic E-state index is 12.0. The lowest BCUT2D eigenvalue weighted by molar-refractivity contribution is 0.171. The first kappa shape index (κ1) is 13.1. The Labute approximate surface area is 109 Å². The third-order valence-corrected chi connectivity index (χ3v) is 5.75. The third-order valence-electron chi connectivity index (χ3n) is 4.33. The van der Waals surface area contributed by atoms with Crippen LogP contribution >= 0.6 is 11.8 Å². The van der Waals surface area contributed by atoms with Crippen LogP contribution in [0.15, 0.2) is 0 Å². The molecular weight excluding hydrogens is 232 g/mol. The zero-order valence-electron chi connectivity index (χ0n) is 11.0. The predicted octanol–water partition coefficient (Wildman–Crippen LogP) is 2.71. The summed E-state index contributed by atoms with van der Waals surface area (Å²) < 4.78 is 0.346. The Kier molecular flexibility index (Phi) is 4.23. The first-order valence-corrected chi connectivity index (χ1v) is 7.96. The van der Waals surface area contributed by atoms with Gasteiger partial charge in [-0.05, 0) is 37.9 Å². The highest BCUT2D eigenvalue weighted by molar-refractivity contribution is 8.00. The molecule has 2 amide bonds. The summed E-state index contributed by atoms with van der Waals surface area (Å²) in [5, 5.41) is 3.13. The first-order valence-electron chi connectivity index (χ1n) is 6.73. The number of thioether (sulfide) groups is 1. The molecule has 0 unspecified atom stereocenters. The highest BCUT2D eigenvalue weighted by atomic mass is 32.2. The van der Waals surface area contributed by atoms with Crippen molar-refractivity contribution >= 4 is 17.8 Å². The molecule has 2 fully saturated rings. The fraction of sp³-hybridized carbons (Fsp3) is 0.923. The van der Waals surface area contributed by atoms with Gasteiger partial charge in [0, 0.05) is 24.4 Å². The van der Waals surface area contributed by atoms with Crippen molar-refractivity contribution in [2.75, 3.05) is 25.9 Å². The van der Waals surface area contributed by atoms with Gasteiger partial charge in [0.15, 0.2) is 0 Å². The van der Waals surface area contributed by atoms with Crippen LogP contribution in [-0.4, -0.2) is 41.6 Å². The van der Waals surface area contributed by atoms with Crippen LogP contribution in [0.1, 0.15) is 39.0 Å². The Balaban J connectivity index is 1.73. The van der Waals surface area contributed by atoms with Crippen LogP contribution in [0.2, 0.25) is 0 Å². The molecule has 2 aliphatic rings. The number of hydrogen-bond acceptors (Lipinski definition) is 2. The second-order valence-corrected chi connectivity index (χ2v) is 6.84. The summed E-state index contributed by atoms with van der Waals surface area (Å²) >= 11 is 1.91. The quantitative estimate of drug-likeness (QED) is 0.842. The van der Waals surface area contributed by atoms with Crippen LogP contribution in [0, 0.1) is 5.92 Å². The zero-order chi connectivity index (χ0) is 12.3. The lowest BCUT2D eigenvalue weighted by Crippen LogP contribution is -2.50. The van der Waals surface area contributed by atoms with Gasteiger partial charge in [-0.1, -0.05) is 13.3 Å². The van der Waals surface area contributed by atoms with E-state index in [4.69, 9.17) is 0 Å². The van der Waals surface area contributed by atoms with Crippen LogP contribution < -0.4 is 5.32 Å². The molecule has 0 aromatic carbocycles. The number of amides is 2. The van der Waals surface area contributed by atoms with Crippen molar-refractivity contribution in [3.05, 3.63) is 0 Å². The molecule has 3 nitrogen and oxygen atoms in total. The molecule has 0 aromatic heterocycles. The largest absolute Gasteiger partial charge is 0.337 e. The Morgan fingerprint density at radius 2 is 2.06 bits per heavy atom. The van der Waals surface area contributed by atoms with E-state index < -0.39 is 0 Å². The number of nitrogens with zero attached hydrogens (tertiary/aromatic N) is 1. The van der Waals surface area contributed by atoms with Gasteiger partial charge in [-0.15, -0.1) is 0 Å². The summed E-state index contributed by atoms with van der Waals surface area (Å²) in [5.74, 6) is 0.781. The molecule has 0 aromatic rings. The molecular formula is C13H24N2OS. The molecule has 1 saturated carbocycles. The molecule has 0 radical (unpaired) electrons. The lowest BCUT2D eigenvalue weighted by atomic mass is 9.84. The van der Waals surface area contributed by atoms with Gasteiger partial charge < -0.3 is 10.2 Å². The Morgan fingerprint density at radius 3 is 2.53 bits per heavy atom. The number of carbonyl (C=O) groups is 1. The van der Waals surface area contributed by atoms with E-state index in [1.54, 1.807) is 0 Å². The van der Waals surface area contributed by atoms with Gasteiger partial charge in [0.25, 0.3) is 0 Å². The molecule has 1 heterocycles. The molecule has 2 rings (SSSR count). The zero-order valence-corrected chi connectivity index (χ0v) is 11.8. The van der Waals surface area contributed by atoms with Crippen molar-refractivity contribution in [2.45, 2.75) is 43.8 Å². The van der Waals surface area contributed by atoms with Gasteiger partial charge in [0.2, 0.25) is 0 Å². The number of urea groups is 1. The maximum Gasteiger partial charge on any atom is 0.317 e. The molecule has 17 heavy (non-hydrogen) atoms. The summed E-state index contributed by atoms with van der Waals surface area (Å²) in [7, 11) is 0. The summed E-state index contributed by atoms with van der Waals surface area (Å²) in [6, 6.07) is 0.150. The van der Waals surface area contributed by atoms with Crippen LogP contribution in [0.3, 0.4) is 0 Å². The molecule has 0 spiro atoms. The topological polar surface area (TPSA) is 32.3 Å². The lowest BCUT2D eigenvalue weighted by Gasteiger charge is -2.41. The SMILES string of the molecule is CSC1(CNC(=O)N2CCC(C)CC2)CCC1. The number of nitrogens with one attached hydrogen (secondary N) is 1. The third kappa shape index (κ3) is 3.09. The second-order valence-electron chi connectivity index (χ2n) is 5.57. The van der Waals surface area contributed by atoms with Gasteiger partial charge >= 0.3 is 6.03 Å². The minimum absolute atomic E-state index is 0.150. The van der Waals surface area contributed by atoms with E-state index >= 15 is 0 Å². The van der Waals surface area contributed by atoms with Crippen molar-refractivity contribution in [3.8, 4) is 0 Å². The van der Waals surface area contributed by atoms with Gasteiger partial charge in [-0.25, -0.2) is 4.79 Å². The normalized spacial score (nSPS) is 24.2. The highest BCUT2D eigenvalue weighted by Crippen LogP contribution is 2.42. The highest BCUT2D eigenvalue weighted by Gasteiger charge is 2.36. The molecule has 1 aliphatic carbocycles. The van der Waals surface area contributed by atoms with Gasteiger partial charge in [0.05, 0.1) is 0 Å². The van der Waals surface area contributed by atoms with Crippen LogP contribution in [-0.2, 0) is 0 Å². The van der Waals surface area contributed by atoms with E-state index in [0.717, 1.165) is 38.4 Å². The molecule has 0 bridgehead atoms. The minimum atomic E-state index is 0.150. The fourth-order valence-electron chi connectivity index (χ4n) is 2.58. The number of rotatable bonds is 3. The summed E-state index contributed by atoms with van der Waals surface area (Å²) in [5.41, 5.74) is 0. The molecule has 1 saturated heterocycles. The van der Waals surface area contributed by atoms with E-state index in [9.17, 15) is 4.79 Å². The molecule has 1 aliphatic heterocycles. The van der Waals surface area contributed by atoms with Crippen molar-refractivity contribution in [3.63, 3.8) is 0 Å². The van der Waals surface area contributed by atoms with Crippen molar-refractivity contribution in [1.82, 2.24) is 10.2 Å². The minimum Gasteiger partial charge on any atom is -0.337 e. The number of likely N-dealkylation sites (tertiary alicyclic amines) is 1. The Hall–Kier alpha value is -0.380. The van der Waals surface area contributed by atoms with Crippen molar-refractivity contribution < 1.29 is 4.79 Å². The number of hydrogen-bond donors (Lipinski definition) is 1. The Bertz CT molecular complexity index is 265. The smallest absolute Gasteiger partial charge is 0.317 e. The average molecular weight is 256 g/mol. The number of carbonyl (C=O) groups excluding carboxylic acids is 1. The molecule has 0 atom stereocenters. The Morgan fingerprint density at radius 1 is 1.41 bits per heavy atom. The maximum atomic E-state index is 12.0. The fourth-order valence-corrected chi connectivity index (χ4v) is 3.50. The summed E-state index contributed by atoms with van der Waals surface area (Å²) in [4.78, 5) is 14.0. The van der Waals surface area contributed by atoms with Crippen LogP contribution in [0.5, 0.6) is 0 Å². The second kappa shape index (κ2) is 5.51. The van der Waals surface area contributed by atoms with E-state index in [1.165, 1.54) is 19.3 Å². The molecule has 98 valence electrons. The van der Waals surface area contributed by atoms with Crippen molar-refractivity contribution in [2.24, 2.45) is 5.92 Å². The van der Waals surface area contributed by atoms with Gasteiger partial charge in [-0.3, -0.25) is 0 Å². The molecule has 1 N–H and O–H groups in total. The first-order chi connectivity index (χ1) is 8.15. The van der Waals surface area contributed by atoms with E-state index in [1.807, 2.05) is 16.7 Å². The summed E-state index contributed by atoms with van der Waals surface area (Å²) in [6.45, 7) is 4.98. The van der Waals surface area contributed by atoms with Crippen LogP contribution in [0.4, 0.5) is 4.79 Å². The predicted molar refractivity (Wildman–Crippen MR) is 73.5 cm³/mol.